The minimum Gasteiger partial charge on any atom is -0.325 e. The number of hydrogen-bond donors (Lipinski definition) is 4. The maximum atomic E-state index is 11.4. The first kappa shape index (κ1) is 19.7. The zero-order chi connectivity index (χ0) is 19.8. The lowest BCUT2D eigenvalue weighted by atomic mass is 10.1. The smallest absolute Gasteiger partial charge is 0.238 e. The van der Waals surface area contributed by atoms with E-state index in [4.69, 9.17) is 5.84 Å². The molecule has 138 valence electrons. The van der Waals surface area contributed by atoms with Crippen LogP contribution in [0.15, 0.2) is 42.5 Å². The Balaban J connectivity index is 2.21. The quantitative estimate of drug-likeness (QED) is 0.285. The lowest BCUT2D eigenvalue weighted by molar-refractivity contribution is -0.120. The highest BCUT2D eigenvalue weighted by Crippen LogP contribution is 2.23. The Hall–Kier alpha value is -3.63. The van der Waals surface area contributed by atoms with Crippen molar-refractivity contribution >= 4 is 29.1 Å². The molecule has 0 saturated heterocycles. The minimum absolute atomic E-state index is 0.203. The van der Waals surface area contributed by atoms with Crippen LogP contribution in [0.25, 0.3) is 0 Å². The Morgan fingerprint density at radius 2 is 1.41 bits per heavy atom. The Bertz CT molecular complexity index is 924. The van der Waals surface area contributed by atoms with Crippen LogP contribution >= 0.6 is 0 Å². The van der Waals surface area contributed by atoms with Gasteiger partial charge in [0.25, 0.3) is 0 Å². The van der Waals surface area contributed by atoms with E-state index in [9.17, 15) is 14.4 Å². The molecule has 3 amide bonds. The van der Waals surface area contributed by atoms with E-state index in [0.717, 1.165) is 11.1 Å². The van der Waals surface area contributed by atoms with Gasteiger partial charge in [0.1, 0.15) is 0 Å². The van der Waals surface area contributed by atoms with Crippen LogP contribution in [0.2, 0.25) is 0 Å². The molecule has 0 aliphatic carbocycles. The molecular weight excluding hydrogens is 344 g/mol. The monoisotopic (exact) mass is 364 g/mol. The summed E-state index contributed by atoms with van der Waals surface area (Å²) in [7, 11) is 0. The molecule has 0 radical (unpaired) electrons. The van der Waals surface area contributed by atoms with Crippen LogP contribution in [0.1, 0.15) is 30.5 Å². The Morgan fingerprint density at radius 1 is 0.852 bits per heavy atom. The lowest BCUT2D eigenvalue weighted by Gasteiger charge is -2.10. The SMILES string of the molecule is CC(=O)Nc1ccc(C#Cc2ccc(CC(=O)NN)cc2)cc1NC(C)=O. The first-order valence-corrected chi connectivity index (χ1v) is 8.17. The number of benzene rings is 2. The third kappa shape index (κ3) is 6.30. The molecule has 2 rings (SSSR count). The Kier molecular flexibility index (Phi) is 6.69. The maximum Gasteiger partial charge on any atom is 0.238 e. The normalized spacial score (nSPS) is 9.59. The second-order valence-electron chi connectivity index (χ2n) is 5.81. The van der Waals surface area contributed by atoms with Gasteiger partial charge in [0, 0.05) is 25.0 Å². The third-order valence-electron chi connectivity index (χ3n) is 3.47. The number of carbonyl (C=O) groups is 3. The Labute approximate surface area is 157 Å². The summed E-state index contributed by atoms with van der Waals surface area (Å²) in [5.74, 6) is 10.4. The van der Waals surface area contributed by atoms with E-state index in [2.05, 4.69) is 27.9 Å². The number of anilines is 2. The van der Waals surface area contributed by atoms with Crippen LogP contribution in [-0.2, 0) is 20.8 Å². The number of rotatable bonds is 4. The Morgan fingerprint density at radius 3 is 2.00 bits per heavy atom. The van der Waals surface area contributed by atoms with Crippen molar-refractivity contribution in [1.82, 2.24) is 5.43 Å². The highest BCUT2D eigenvalue weighted by molar-refractivity contribution is 5.98. The fraction of sp³-hybridized carbons (Fsp3) is 0.150. The second kappa shape index (κ2) is 9.17. The van der Waals surface area contributed by atoms with Crippen LogP contribution in [0.3, 0.4) is 0 Å². The topological polar surface area (TPSA) is 113 Å². The van der Waals surface area contributed by atoms with Gasteiger partial charge in [-0.25, -0.2) is 5.84 Å². The van der Waals surface area contributed by atoms with E-state index >= 15 is 0 Å². The summed E-state index contributed by atoms with van der Waals surface area (Å²) in [6.45, 7) is 2.79. The molecule has 7 heteroatoms. The van der Waals surface area contributed by atoms with Gasteiger partial charge < -0.3 is 10.6 Å². The fourth-order valence-corrected chi connectivity index (χ4v) is 2.30. The first-order valence-electron chi connectivity index (χ1n) is 8.17. The molecule has 0 unspecified atom stereocenters. The van der Waals surface area contributed by atoms with E-state index in [-0.39, 0.29) is 24.1 Å². The summed E-state index contributed by atoms with van der Waals surface area (Å²) in [6, 6.07) is 12.4. The summed E-state index contributed by atoms with van der Waals surface area (Å²) < 4.78 is 0. The standard InChI is InChI=1S/C20H20N4O3/c1-13(25)22-18-10-9-16(11-19(18)23-14(2)26)6-3-15-4-7-17(8-5-15)12-20(27)24-21/h4-5,7-11H,12,21H2,1-2H3,(H,22,25)(H,23,26)(H,24,27). The molecule has 0 bridgehead atoms. The average molecular weight is 364 g/mol. The molecule has 0 spiro atoms. The van der Waals surface area contributed by atoms with Crippen LogP contribution in [0.4, 0.5) is 11.4 Å². The predicted octanol–water partition coefficient (Wildman–Crippen LogP) is 1.54. The van der Waals surface area contributed by atoms with Crippen molar-refractivity contribution < 1.29 is 14.4 Å². The van der Waals surface area contributed by atoms with Gasteiger partial charge in [0.05, 0.1) is 17.8 Å². The summed E-state index contributed by atoms with van der Waals surface area (Å²) in [5, 5.41) is 5.34. The molecule has 0 saturated carbocycles. The lowest BCUT2D eigenvalue weighted by Crippen LogP contribution is -2.31. The van der Waals surface area contributed by atoms with Gasteiger partial charge in [0.2, 0.25) is 17.7 Å². The van der Waals surface area contributed by atoms with E-state index in [1.165, 1.54) is 13.8 Å². The van der Waals surface area contributed by atoms with Gasteiger partial charge in [-0.15, -0.1) is 0 Å². The van der Waals surface area contributed by atoms with Crippen molar-refractivity contribution in [2.45, 2.75) is 20.3 Å². The molecule has 0 aromatic heterocycles. The number of hydrazine groups is 1. The van der Waals surface area contributed by atoms with E-state index in [1.54, 1.807) is 18.2 Å². The molecular formula is C20H20N4O3. The molecule has 0 fully saturated rings. The number of amides is 3. The van der Waals surface area contributed by atoms with E-state index in [1.807, 2.05) is 24.3 Å². The summed E-state index contributed by atoms with van der Waals surface area (Å²) in [4.78, 5) is 33.9. The predicted molar refractivity (Wildman–Crippen MR) is 104 cm³/mol. The number of carbonyl (C=O) groups excluding carboxylic acids is 3. The van der Waals surface area contributed by atoms with Crippen molar-refractivity contribution in [3.05, 3.63) is 59.2 Å². The zero-order valence-electron chi connectivity index (χ0n) is 15.1. The van der Waals surface area contributed by atoms with Gasteiger partial charge in [-0.05, 0) is 35.9 Å². The van der Waals surface area contributed by atoms with Crippen LogP contribution in [0.5, 0.6) is 0 Å². The number of hydrogen-bond acceptors (Lipinski definition) is 4. The minimum atomic E-state index is -0.265. The fourth-order valence-electron chi connectivity index (χ4n) is 2.30. The highest BCUT2D eigenvalue weighted by atomic mass is 16.2. The number of nitrogens with one attached hydrogen (secondary N) is 3. The summed E-state index contributed by atoms with van der Waals surface area (Å²) >= 11 is 0. The van der Waals surface area contributed by atoms with Gasteiger partial charge in [-0.3, -0.25) is 19.8 Å². The molecule has 0 aliphatic rings. The molecule has 2 aromatic carbocycles. The molecule has 7 nitrogen and oxygen atoms in total. The van der Waals surface area contributed by atoms with Crippen molar-refractivity contribution in [2.75, 3.05) is 10.6 Å². The van der Waals surface area contributed by atoms with E-state index in [0.29, 0.717) is 16.9 Å². The first-order chi connectivity index (χ1) is 12.9. The van der Waals surface area contributed by atoms with Gasteiger partial charge >= 0.3 is 0 Å². The van der Waals surface area contributed by atoms with Crippen LogP contribution in [0, 0.1) is 11.8 Å². The van der Waals surface area contributed by atoms with Crippen molar-refractivity contribution in [3.63, 3.8) is 0 Å². The van der Waals surface area contributed by atoms with Gasteiger partial charge in [0.15, 0.2) is 0 Å². The number of nitrogens with two attached hydrogens (primary N) is 1. The van der Waals surface area contributed by atoms with Gasteiger partial charge in [-0.2, -0.15) is 0 Å². The van der Waals surface area contributed by atoms with Crippen molar-refractivity contribution in [3.8, 4) is 11.8 Å². The highest BCUT2D eigenvalue weighted by Gasteiger charge is 2.06. The molecule has 0 aliphatic heterocycles. The summed E-state index contributed by atoms with van der Waals surface area (Å²) in [5.41, 5.74) is 5.36. The average Bonchev–Trinajstić information content (AvgIpc) is 2.62. The largest absolute Gasteiger partial charge is 0.325 e. The van der Waals surface area contributed by atoms with Crippen LogP contribution in [-0.4, -0.2) is 17.7 Å². The second-order valence-corrected chi connectivity index (χ2v) is 5.81. The van der Waals surface area contributed by atoms with Crippen LogP contribution < -0.4 is 21.9 Å². The van der Waals surface area contributed by atoms with Crippen molar-refractivity contribution in [1.29, 1.82) is 0 Å². The van der Waals surface area contributed by atoms with E-state index < -0.39 is 0 Å². The molecule has 0 atom stereocenters. The molecule has 27 heavy (non-hydrogen) atoms. The zero-order valence-corrected chi connectivity index (χ0v) is 15.1. The van der Waals surface area contributed by atoms with Crippen molar-refractivity contribution in [2.24, 2.45) is 5.84 Å². The molecule has 5 N–H and O–H groups in total. The third-order valence-corrected chi connectivity index (χ3v) is 3.47. The summed E-state index contributed by atoms with van der Waals surface area (Å²) in [6.07, 6.45) is 0.203. The van der Waals surface area contributed by atoms with Gasteiger partial charge in [-0.1, -0.05) is 24.0 Å². The maximum absolute atomic E-state index is 11.4. The molecule has 0 heterocycles. The molecule has 2 aromatic rings.